The highest BCUT2D eigenvalue weighted by Crippen LogP contribution is 2.33. The highest BCUT2D eigenvalue weighted by atomic mass is 79.9. The number of benzene rings is 1. The molecule has 2 rings (SSSR count). The van der Waals surface area contributed by atoms with Gasteiger partial charge in [-0.3, -0.25) is 0 Å². The van der Waals surface area contributed by atoms with Crippen molar-refractivity contribution in [2.24, 2.45) is 0 Å². The summed E-state index contributed by atoms with van der Waals surface area (Å²) in [5, 5.41) is 0. The average Bonchev–Trinajstić information content (AvgIpc) is 2.33. The molecule has 0 aliphatic rings. The number of anilines is 1. The van der Waals surface area contributed by atoms with Gasteiger partial charge in [-0.05, 0) is 38.0 Å². The van der Waals surface area contributed by atoms with Gasteiger partial charge in [0.05, 0.1) is 5.69 Å². The number of aromatic nitrogens is 2. The molecular weight excluding hydrogens is 306 g/mol. The van der Waals surface area contributed by atoms with Crippen molar-refractivity contribution in [1.82, 2.24) is 9.97 Å². The number of nitrogens with zero attached hydrogens (tertiary/aromatic N) is 2. The molecule has 0 saturated carbocycles. The van der Waals surface area contributed by atoms with E-state index in [9.17, 15) is 0 Å². The van der Waals surface area contributed by atoms with Crippen molar-refractivity contribution in [2.75, 3.05) is 5.73 Å². The Bertz CT molecular complexity index is 591. The largest absolute Gasteiger partial charge is 0.436 e. The van der Waals surface area contributed by atoms with Gasteiger partial charge in [-0.1, -0.05) is 22.9 Å². The molecule has 0 fully saturated rings. The Morgan fingerprint density at radius 1 is 1.21 bits per heavy atom. The second-order valence-corrected chi connectivity index (χ2v) is 5.26. The molecule has 1 aromatic heterocycles. The fraction of sp³-hybridized carbons (Fsp3) is 0.286. The number of nitrogens with two attached hydrogens (primary N) is 1. The minimum Gasteiger partial charge on any atom is -0.436 e. The van der Waals surface area contributed by atoms with E-state index in [1.54, 1.807) is 0 Å². The summed E-state index contributed by atoms with van der Waals surface area (Å²) in [7, 11) is 0. The van der Waals surface area contributed by atoms with Crippen LogP contribution >= 0.6 is 15.9 Å². The van der Waals surface area contributed by atoms with Crippen molar-refractivity contribution in [3.05, 3.63) is 39.8 Å². The van der Waals surface area contributed by atoms with Crippen LogP contribution in [0.1, 0.15) is 24.0 Å². The Kier molecular flexibility index (Phi) is 4.04. The smallest absolute Gasteiger partial charge is 0.222 e. The summed E-state index contributed by atoms with van der Waals surface area (Å²) < 4.78 is 6.75. The second kappa shape index (κ2) is 5.57. The molecule has 1 heterocycles. The molecule has 0 aliphatic heterocycles. The predicted molar refractivity (Wildman–Crippen MR) is 79.5 cm³/mol. The lowest BCUT2D eigenvalue weighted by Gasteiger charge is -2.12. The van der Waals surface area contributed by atoms with Gasteiger partial charge >= 0.3 is 0 Å². The van der Waals surface area contributed by atoms with Crippen LogP contribution in [0.25, 0.3) is 0 Å². The molecule has 5 heteroatoms. The monoisotopic (exact) mass is 321 g/mol. The van der Waals surface area contributed by atoms with E-state index in [1.807, 2.05) is 39.0 Å². The molecule has 4 nitrogen and oxygen atoms in total. The Morgan fingerprint density at radius 3 is 2.58 bits per heavy atom. The number of ether oxygens (including phenoxy) is 1. The van der Waals surface area contributed by atoms with Crippen molar-refractivity contribution in [1.29, 1.82) is 0 Å². The van der Waals surface area contributed by atoms with Crippen molar-refractivity contribution in [2.45, 2.75) is 27.2 Å². The summed E-state index contributed by atoms with van der Waals surface area (Å²) in [6.07, 6.45) is 0.842. The minimum atomic E-state index is 0.529. The topological polar surface area (TPSA) is 61.0 Å². The fourth-order valence-electron chi connectivity index (χ4n) is 1.83. The van der Waals surface area contributed by atoms with Gasteiger partial charge in [0.25, 0.3) is 0 Å². The summed E-state index contributed by atoms with van der Waals surface area (Å²) in [5.74, 6) is 1.87. The Morgan fingerprint density at radius 2 is 1.95 bits per heavy atom. The normalized spacial score (nSPS) is 10.5. The Labute approximate surface area is 121 Å². The minimum absolute atomic E-state index is 0.529. The van der Waals surface area contributed by atoms with Crippen molar-refractivity contribution in [3.63, 3.8) is 0 Å². The van der Waals surface area contributed by atoms with Gasteiger partial charge in [0.15, 0.2) is 5.75 Å². The summed E-state index contributed by atoms with van der Waals surface area (Å²) in [6, 6.07) is 5.62. The summed E-state index contributed by atoms with van der Waals surface area (Å²) in [4.78, 5) is 8.60. The van der Waals surface area contributed by atoms with Gasteiger partial charge in [0, 0.05) is 16.2 Å². The van der Waals surface area contributed by atoms with Crippen LogP contribution in [0.3, 0.4) is 0 Å². The Hall–Kier alpha value is -1.62. The highest BCUT2D eigenvalue weighted by molar-refractivity contribution is 9.10. The molecule has 2 N–H and O–H groups in total. The number of nitrogen functional groups attached to an aromatic ring is 1. The van der Waals surface area contributed by atoms with Gasteiger partial charge in [-0.15, -0.1) is 0 Å². The van der Waals surface area contributed by atoms with Crippen LogP contribution in [0, 0.1) is 13.8 Å². The molecule has 0 radical (unpaired) electrons. The summed E-state index contributed by atoms with van der Waals surface area (Å²) in [5.41, 5.74) is 8.48. The molecular formula is C14H16BrN3O. The van der Waals surface area contributed by atoms with E-state index in [-0.39, 0.29) is 0 Å². The van der Waals surface area contributed by atoms with Crippen LogP contribution in [0.5, 0.6) is 11.6 Å². The molecule has 0 atom stereocenters. The number of halogens is 1. The van der Waals surface area contributed by atoms with Crippen LogP contribution in [0.2, 0.25) is 0 Å². The van der Waals surface area contributed by atoms with Crippen LogP contribution in [0.4, 0.5) is 5.69 Å². The second-order valence-electron chi connectivity index (χ2n) is 4.34. The molecule has 0 unspecified atom stereocenters. The van der Waals surface area contributed by atoms with Crippen molar-refractivity contribution in [3.8, 4) is 11.6 Å². The first-order valence-electron chi connectivity index (χ1n) is 6.07. The van der Waals surface area contributed by atoms with Crippen LogP contribution in [-0.2, 0) is 6.42 Å². The lowest BCUT2D eigenvalue weighted by molar-refractivity contribution is 0.457. The number of aryl methyl sites for hydroxylation is 3. The number of hydrogen-bond acceptors (Lipinski definition) is 4. The van der Waals surface area contributed by atoms with Crippen molar-refractivity contribution < 1.29 is 4.74 Å². The third kappa shape index (κ3) is 3.23. The molecule has 0 aliphatic carbocycles. The van der Waals surface area contributed by atoms with E-state index in [1.165, 1.54) is 0 Å². The summed E-state index contributed by atoms with van der Waals surface area (Å²) >= 11 is 3.41. The van der Waals surface area contributed by atoms with E-state index in [0.29, 0.717) is 23.1 Å². The van der Waals surface area contributed by atoms with Gasteiger partial charge in [0.1, 0.15) is 5.82 Å². The van der Waals surface area contributed by atoms with E-state index in [4.69, 9.17) is 10.5 Å². The lowest BCUT2D eigenvalue weighted by Crippen LogP contribution is -2.00. The van der Waals surface area contributed by atoms with Gasteiger partial charge in [-0.2, -0.15) is 4.98 Å². The van der Waals surface area contributed by atoms with Crippen molar-refractivity contribution >= 4 is 21.6 Å². The van der Waals surface area contributed by atoms with Gasteiger partial charge in [0.2, 0.25) is 5.88 Å². The third-order valence-electron chi connectivity index (χ3n) is 2.70. The van der Waals surface area contributed by atoms with E-state index >= 15 is 0 Å². The molecule has 19 heavy (non-hydrogen) atoms. The average molecular weight is 322 g/mol. The number of hydrogen-bond donors (Lipinski definition) is 1. The molecule has 0 amide bonds. The fourth-order valence-corrected chi connectivity index (χ4v) is 2.42. The first-order valence-corrected chi connectivity index (χ1v) is 6.87. The third-order valence-corrected chi connectivity index (χ3v) is 3.16. The lowest BCUT2D eigenvalue weighted by atomic mass is 10.2. The zero-order valence-corrected chi connectivity index (χ0v) is 12.8. The maximum atomic E-state index is 5.98. The van der Waals surface area contributed by atoms with Crippen LogP contribution < -0.4 is 10.5 Å². The van der Waals surface area contributed by atoms with E-state index in [0.717, 1.165) is 22.2 Å². The SMILES string of the molecule is CCc1cc(Oc2c(C)cc(Br)cc2N)nc(C)n1. The van der Waals surface area contributed by atoms with E-state index < -0.39 is 0 Å². The van der Waals surface area contributed by atoms with Crippen LogP contribution in [-0.4, -0.2) is 9.97 Å². The Balaban J connectivity index is 2.39. The molecule has 1 aromatic carbocycles. The molecule has 0 spiro atoms. The molecule has 100 valence electrons. The van der Waals surface area contributed by atoms with Gasteiger partial charge < -0.3 is 10.5 Å². The molecule has 0 saturated heterocycles. The zero-order valence-electron chi connectivity index (χ0n) is 11.2. The number of rotatable bonds is 3. The quantitative estimate of drug-likeness (QED) is 0.873. The molecule has 0 bridgehead atoms. The maximum absolute atomic E-state index is 5.98. The maximum Gasteiger partial charge on any atom is 0.222 e. The van der Waals surface area contributed by atoms with Gasteiger partial charge in [-0.25, -0.2) is 4.98 Å². The summed E-state index contributed by atoms with van der Waals surface area (Å²) in [6.45, 7) is 5.85. The first kappa shape index (κ1) is 13.8. The predicted octanol–water partition coefficient (Wildman–Crippen LogP) is 3.79. The standard InChI is InChI=1S/C14H16BrN3O/c1-4-11-7-13(18-9(3)17-11)19-14-8(2)5-10(15)6-12(14)16/h5-7H,4,16H2,1-3H3. The molecule has 2 aromatic rings. The first-order chi connectivity index (χ1) is 8.99. The van der Waals surface area contributed by atoms with Crippen LogP contribution in [0.15, 0.2) is 22.7 Å². The zero-order chi connectivity index (χ0) is 14.0. The van der Waals surface area contributed by atoms with E-state index in [2.05, 4.69) is 25.9 Å². The highest BCUT2D eigenvalue weighted by Gasteiger charge is 2.10.